The Hall–Kier alpha value is -0.540. The van der Waals surface area contributed by atoms with Gasteiger partial charge in [0.25, 0.3) is 0 Å². The molecule has 15 heavy (non-hydrogen) atoms. The van der Waals surface area contributed by atoms with Crippen molar-refractivity contribution in [2.75, 3.05) is 18.5 Å². The number of halogens is 1. The van der Waals surface area contributed by atoms with Gasteiger partial charge in [-0.15, -0.1) is 0 Å². The van der Waals surface area contributed by atoms with Crippen LogP contribution in [0.15, 0.2) is 24.3 Å². The predicted molar refractivity (Wildman–Crippen MR) is 63.5 cm³/mol. The van der Waals surface area contributed by atoms with Crippen LogP contribution in [0.25, 0.3) is 0 Å². The molecule has 0 amide bonds. The second-order valence-electron chi connectivity index (χ2n) is 4.28. The van der Waals surface area contributed by atoms with E-state index in [1.165, 1.54) is 5.56 Å². The number of alkyl halides is 1. The molecule has 2 rings (SSSR count). The first-order valence-electron chi connectivity index (χ1n) is 5.16. The third-order valence-electron chi connectivity index (χ3n) is 2.96. The average molecular weight is 271 g/mol. The first kappa shape index (κ1) is 11.0. The van der Waals surface area contributed by atoms with Gasteiger partial charge in [-0.2, -0.15) is 0 Å². The number of phenols is 1. The Balaban J connectivity index is 2.12. The van der Waals surface area contributed by atoms with Crippen molar-refractivity contribution < 1.29 is 9.84 Å². The molecule has 1 saturated heterocycles. The largest absolute Gasteiger partial charge is 0.508 e. The van der Waals surface area contributed by atoms with E-state index in [4.69, 9.17) is 4.74 Å². The Labute approximate surface area is 98.4 Å². The summed E-state index contributed by atoms with van der Waals surface area (Å²) in [5.41, 5.74) is 1.40. The SMILES string of the molecule is Oc1cccc(CC2(CBr)CCOC2)c1. The molecule has 0 aliphatic carbocycles. The molecule has 1 heterocycles. The first-order valence-corrected chi connectivity index (χ1v) is 6.28. The van der Waals surface area contributed by atoms with Gasteiger partial charge in [-0.25, -0.2) is 0 Å². The van der Waals surface area contributed by atoms with Gasteiger partial charge in [0.1, 0.15) is 5.75 Å². The summed E-state index contributed by atoms with van der Waals surface area (Å²) in [6.45, 7) is 1.67. The van der Waals surface area contributed by atoms with E-state index >= 15 is 0 Å². The van der Waals surface area contributed by atoms with Crippen molar-refractivity contribution in [2.45, 2.75) is 12.8 Å². The van der Waals surface area contributed by atoms with E-state index in [-0.39, 0.29) is 5.41 Å². The van der Waals surface area contributed by atoms with Crippen molar-refractivity contribution >= 4 is 15.9 Å². The minimum Gasteiger partial charge on any atom is -0.508 e. The minimum absolute atomic E-state index is 0.216. The second kappa shape index (κ2) is 4.54. The summed E-state index contributed by atoms with van der Waals surface area (Å²) in [4.78, 5) is 0. The van der Waals surface area contributed by atoms with Crippen LogP contribution in [0.3, 0.4) is 0 Å². The number of phenolic OH excluding ortho intramolecular Hbond substituents is 1. The fourth-order valence-electron chi connectivity index (χ4n) is 2.04. The van der Waals surface area contributed by atoms with E-state index in [9.17, 15) is 5.11 Å². The van der Waals surface area contributed by atoms with Crippen LogP contribution < -0.4 is 0 Å². The first-order chi connectivity index (χ1) is 7.24. The molecule has 1 aromatic carbocycles. The molecule has 1 aliphatic rings. The molecule has 82 valence electrons. The zero-order valence-corrected chi connectivity index (χ0v) is 10.2. The fraction of sp³-hybridized carbons (Fsp3) is 0.500. The third-order valence-corrected chi connectivity index (χ3v) is 4.15. The fourth-order valence-corrected chi connectivity index (χ4v) is 2.68. The van der Waals surface area contributed by atoms with Crippen LogP contribution in [0, 0.1) is 5.41 Å². The van der Waals surface area contributed by atoms with Gasteiger partial charge in [-0.3, -0.25) is 0 Å². The molecule has 0 bridgehead atoms. The zero-order valence-electron chi connectivity index (χ0n) is 8.58. The van der Waals surface area contributed by atoms with Crippen LogP contribution in [0.2, 0.25) is 0 Å². The summed E-state index contributed by atoms with van der Waals surface area (Å²) >= 11 is 3.57. The minimum atomic E-state index is 0.216. The van der Waals surface area contributed by atoms with Crippen molar-refractivity contribution in [3.8, 4) is 5.75 Å². The quantitative estimate of drug-likeness (QED) is 0.856. The number of rotatable bonds is 3. The molecule has 1 aromatic rings. The lowest BCUT2D eigenvalue weighted by molar-refractivity contribution is 0.162. The number of aromatic hydroxyl groups is 1. The van der Waals surface area contributed by atoms with Crippen molar-refractivity contribution in [1.29, 1.82) is 0 Å². The third kappa shape index (κ3) is 2.52. The molecule has 1 aliphatic heterocycles. The van der Waals surface area contributed by atoms with E-state index in [1.807, 2.05) is 12.1 Å². The standard InChI is InChI=1S/C12H15BrO2/c13-8-12(4-5-15-9-12)7-10-2-1-3-11(14)6-10/h1-3,6,14H,4-5,7-9H2. The van der Waals surface area contributed by atoms with Crippen LogP contribution >= 0.6 is 15.9 Å². The number of ether oxygens (including phenoxy) is 1. The van der Waals surface area contributed by atoms with Gasteiger partial charge in [0.05, 0.1) is 6.61 Å². The summed E-state index contributed by atoms with van der Waals surface area (Å²) < 4.78 is 5.46. The highest BCUT2D eigenvalue weighted by atomic mass is 79.9. The maximum absolute atomic E-state index is 9.40. The number of hydrogen-bond donors (Lipinski definition) is 1. The highest BCUT2D eigenvalue weighted by Crippen LogP contribution is 2.34. The van der Waals surface area contributed by atoms with Crippen molar-refractivity contribution in [2.24, 2.45) is 5.41 Å². The number of benzene rings is 1. The molecular weight excluding hydrogens is 256 g/mol. The van der Waals surface area contributed by atoms with Gasteiger partial charge in [0, 0.05) is 17.4 Å². The van der Waals surface area contributed by atoms with Gasteiger partial charge in [-0.05, 0) is 30.5 Å². The summed E-state index contributed by atoms with van der Waals surface area (Å²) in [5.74, 6) is 0.344. The molecule has 1 atom stereocenters. The Bertz CT molecular complexity index is 332. The van der Waals surface area contributed by atoms with Gasteiger partial charge >= 0.3 is 0 Å². The van der Waals surface area contributed by atoms with Crippen molar-refractivity contribution in [3.05, 3.63) is 29.8 Å². The lowest BCUT2D eigenvalue weighted by atomic mass is 9.83. The Morgan fingerprint density at radius 2 is 2.33 bits per heavy atom. The highest BCUT2D eigenvalue weighted by Gasteiger charge is 2.33. The zero-order chi connectivity index (χ0) is 10.7. The summed E-state index contributed by atoms with van der Waals surface area (Å²) in [7, 11) is 0. The monoisotopic (exact) mass is 270 g/mol. The second-order valence-corrected chi connectivity index (χ2v) is 4.84. The number of hydrogen-bond acceptors (Lipinski definition) is 2. The summed E-state index contributed by atoms with van der Waals surface area (Å²) in [6, 6.07) is 7.49. The molecule has 0 saturated carbocycles. The molecule has 2 nitrogen and oxygen atoms in total. The lowest BCUT2D eigenvalue weighted by Gasteiger charge is -2.24. The molecule has 0 aromatic heterocycles. The van der Waals surface area contributed by atoms with Gasteiger partial charge in [0.2, 0.25) is 0 Å². The van der Waals surface area contributed by atoms with Crippen LogP contribution in [-0.4, -0.2) is 23.7 Å². The summed E-state index contributed by atoms with van der Waals surface area (Å²) in [5, 5.41) is 10.4. The molecule has 1 N–H and O–H groups in total. The maximum Gasteiger partial charge on any atom is 0.115 e. The van der Waals surface area contributed by atoms with Crippen LogP contribution in [-0.2, 0) is 11.2 Å². The average Bonchev–Trinajstić information content (AvgIpc) is 2.67. The molecule has 0 spiro atoms. The molecular formula is C12H15BrO2. The van der Waals surface area contributed by atoms with E-state index in [2.05, 4.69) is 22.0 Å². The molecule has 3 heteroatoms. The Kier molecular flexibility index (Phi) is 3.32. The molecule has 0 radical (unpaired) electrons. The predicted octanol–water partition coefficient (Wildman–Crippen LogP) is 2.74. The van der Waals surface area contributed by atoms with Crippen molar-refractivity contribution in [3.63, 3.8) is 0 Å². The van der Waals surface area contributed by atoms with Gasteiger partial charge in [-0.1, -0.05) is 28.1 Å². The highest BCUT2D eigenvalue weighted by molar-refractivity contribution is 9.09. The van der Waals surface area contributed by atoms with Gasteiger partial charge < -0.3 is 9.84 Å². The van der Waals surface area contributed by atoms with E-state index in [0.29, 0.717) is 5.75 Å². The lowest BCUT2D eigenvalue weighted by Crippen LogP contribution is -2.25. The van der Waals surface area contributed by atoms with Crippen LogP contribution in [0.1, 0.15) is 12.0 Å². The van der Waals surface area contributed by atoms with Crippen LogP contribution in [0.5, 0.6) is 5.75 Å². The normalized spacial score (nSPS) is 25.7. The van der Waals surface area contributed by atoms with E-state index in [1.54, 1.807) is 6.07 Å². The van der Waals surface area contributed by atoms with Crippen molar-refractivity contribution in [1.82, 2.24) is 0 Å². The maximum atomic E-state index is 9.40. The van der Waals surface area contributed by atoms with Gasteiger partial charge in [0.15, 0.2) is 0 Å². The van der Waals surface area contributed by atoms with E-state index in [0.717, 1.165) is 31.4 Å². The smallest absolute Gasteiger partial charge is 0.115 e. The topological polar surface area (TPSA) is 29.5 Å². The Morgan fingerprint density at radius 3 is 2.93 bits per heavy atom. The molecule has 1 fully saturated rings. The van der Waals surface area contributed by atoms with E-state index < -0.39 is 0 Å². The summed E-state index contributed by atoms with van der Waals surface area (Å²) in [6.07, 6.45) is 2.06. The molecule has 1 unspecified atom stereocenters. The Morgan fingerprint density at radius 1 is 1.47 bits per heavy atom. The van der Waals surface area contributed by atoms with Crippen LogP contribution in [0.4, 0.5) is 0 Å².